The summed E-state index contributed by atoms with van der Waals surface area (Å²) in [6, 6.07) is 22.9. The maximum Gasteiger partial charge on any atom is 0.335 e. The van der Waals surface area contributed by atoms with Gasteiger partial charge in [-0.25, -0.2) is 9.89 Å². The summed E-state index contributed by atoms with van der Waals surface area (Å²) in [5.74, 6) is -1.15. The van der Waals surface area contributed by atoms with Crippen LogP contribution < -0.4 is 20.3 Å². The molecule has 0 radical (unpaired) electrons. The third kappa shape index (κ3) is 6.94. The zero-order valence-corrected chi connectivity index (χ0v) is 31.7. The average Bonchev–Trinajstić information content (AvgIpc) is 3.84. The fourth-order valence-electron chi connectivity index (χ4n) is 8.03. The highest BCUT2D eigenvalue weighted by Crippen LogP contribution is 2.59. The summed E-state index contributed by atoms with van der Waals surface area (Å²) in [6.07, 6.45) is 0.710. The number of ether oxygens (including phenoxy) is 1. The van der Waals surface area contributed by atoms with Gasteiger partial charge in [0.25, 0.3) is 0 Å². The van der Waals surface area contributed by atoms with Crippen LogP contribution in [0.5, 0.6) is 5.75 Å². The Hall–Kier alpha value is -4.68. The second-order valence-corrected chi connectivity index (χ2v) is 16.0. The third-order valence-corrected chi connectivity index (χ3v) is 11.3. The van der Waals surface area contributed by atoms with E-state index >= 15 is 0 Å². The lowest BCUT2D eigenvalue weighted by Gasteiger charge is -2.40. The molecule has 274 valence electrons. The number of aromatic carboxylic acids is 1. The first-order valence-electron chi connectivity index (χ1n) is 17.1. The molecule has 4 aromatic carbocycles. The summed E-state index contributed by atoms with van der Waals surface area (Å²) in [5, 5.41) is 32.0. The number of benzene rings is 4. The molecule has 2 aliphatic rings. The van der Waals surface area contributed by atoms with Crippen molar-refractivity contribution in [2.24, 2.45) is 5.41 Å². The van der Waals surface area contributed by atoms with Gasteiger partial charge in [0.15, 0.2) is 5.82 Å². The van der Waals surface area contributed by atoms with E-state index in [1.54, 1.807) is 6.07 Å². The number of tetrazole rings is 1. The lowest BCUT2D eigenvalue weighted by Crippen LogP contribution is -2.48. The minimum Gasteiger partial charge on any atom is -0.495 e. The lowest BCUT2D eigenvalue weighted by atomic mass is 9.63. The minimum atomic E-state index is -1.10. The topological polar surface area (TPSA) is 145 Å². The van der Waals surface area contributed by atoms with E-state index < -0.39 is 23.3 Å². The number of carbonyl (C=O) groups is 2. The van der Waals surface area contributed by atoms with Gasteiger partial charge >= 0.3 is 5.97 Å². The number of aromatic nitrogens is 4. The number of methoxy groups -OCH3 is 1. The third-order valence-electron chi connectivity index (χ3n) is 10.2. The molecule has 11 nitrogen and oxygen atoms in total. The van der Waals surface area contributed by atoms with Crippen molar-refractivity contribution in [1.29, 1.82) is 0 Å². The fraction of sp³-hybridized carbons (Fsp3) is 0.308. The van der Waals surface area contributed by atoms with Crippen molar-refractivity contribution in [1.82, 2.24) is 25.9 Å². The van der Waals surface area contributed by atoms with Gasteiger partial charge < -0.3 is 25.4 Å². The Morgan fingerprint density at radius 1 is 1.04 bits per heavy atom. The molecule has 5 aromatic rings. The number of carboxylic acids is 1. The highest BCUT2D eigenvalue weighted by molar-refractivity contribution is 6.42. The Morgan fingerprint density at radius 2 is 1.81 bits per heavy atom. The van der Waals surface area contributed by atoms with Crippen molar-refractivity contribution in [3.05, 3.63) is 116 Å². The first-order chi connectivity index (χ1) is 25.3. The van der Waals surface area contributed by atoms with Crippen LogP contribution in [0, 0.1) is 5.41 Å². The summed E-state index contributed by atoms with van der Waals surface area (Å²) < 4.78 is 5.52. The molecule has 2 aliphatic heterocycles. The van der Waals surface area contributed by atoms with Crippen molar-refractivity contribution in [3.63, 3.8) is 0 Å². The second-order valence-electron chi connectivity index (χ2n) is 14.8. The number of nitrogens with one attached hydrogen (secondary N) is 3. The number of amides is 1. The van der Waals surface area contributed by atoms with Gasteiger partial charge in [-0.05, 0) is 81.4 Å². The Kier molecular flexibility index (Phi) is 9.88. The molecule has 4 N–H and O–H groups in total. The molecule has 7 rings (SSSR count). The van der Waals surface area contributed by atoms with Crippen LogP contribution in [-0.2, 0) is 16.8 Å². The number of anilines is 2. The van der Waals surface area contributed by atoms with E-state index in [1.165, 1.54) is 25.3 Å². The van der Waals surface area contributed by atoms with Gasteiger partial charge in [-0.15, -0.1) is 5.10 Å². The van der Waals surface area contributed by atoms with Gasteiger partial charge in [-0.2, -0.15) is 0 Å². The number of nitrogens with zero attached hydrogens (tertiary/aromatic N) is 4. The lowest BCUT2D eigenvalue weighted by molar-refractivity contribution is -0.118. The molecular weight excluding hydrogens is 737 g/mol. The number of carbonyl (C=O) groups excluding carboxylic acids is 1. The van der Waals surface area contributed by atoms with Crippen LogP contribution in [-0.4, -0.2) is 63.3 Å². The van der Waals surface area contributed by atoms with Crippen molar-refractivity contribution in [2.45, 2.75) is 57.2 Å². The Balaban J connectivity index is 1.36. The molecule has 3 heterocycles. The molecule has 4 atom stereocenters. The van der Waals surface area contributed by atoms with Gasteiger partial charge in [0.1, 0.15) is 5.75 Å². The van der Waals surface area contributed by atoms with Crippen LogP contribution in [0.3, 0.4) is 0 Å². The predicted molar refractivity (Wildman–Crippen MR) is 206 cm³/mol. The summed E-state index contributed by atoms with van der Waals surface area (Å²) in [5.41, 5.74) is 4.21. The van der Waals surface area contributed by atoms with Crippen LogP contribution >= 0.6 is 34.8 Å². The highest BCUT2D eigenvalue weighted by Gasteiger charge is 2.62. The first-order valence-corrected chi connectivity index (χ1v) is 18.2. The van der Waals surface area contributed by atoms with Crippen LogP contribution in [0.25, 0.3) is 11.4 Å². The molecule has 0 saturated carbocycles. The van der Waals surface area contributed by atoms with E-state index in [0.29, 0.717) is 46.1 Å². The van der Waals surface area contributed by atoms with Crippen LogP contribution in [0.4, 0.5) is 11.4 Å². The molecule has 0 aliphatic carbocycles. The number of hydrogen-bond acceptors (Lipinski definition) is 8. The Bertz CT molecular complexity index is 2180. The van der Waals surface area contributed by atoms with Crippen molar-refractivity contribution in [2.75, 3.05) is 23.9 Å². The summed E-state index contributed by atoms with van der Waals surface area (Å²) >= 11 is 20.6. The van der Waals surface area contributed by atoms with Gasteiger partial charge in [0.05, 0.1) is 34.4 Å². The smallest absolute Gasteiger partial charge is 0.335 e. The summed E-state index contributed by atoms with van der Waals surface area (Å²) in [7, 11) is 1.43. The Morgan fingerprint density at radius 3 is 2.49 bits per heavy atom. The largest absolute Gasteiger partial charge is 0.495 e. The number of aromatic amines is 1. The van der Waals surface area contributed by atoms with Crippen LogP contribution in [0.2, 0.25) is 15.1 Å². The van der Waals surface area contributed by atoms with Crippen LogP contribution in [0.15, 0.2) is 78.9 Å². The molecule has 1 amide bonds. The fourth-order valence-corrected chi connectivity index (χ4v) is 8.63. The molecule has 53 heavy (non-hydrogen) atoms. The van der Waals surface area contributed by atoms with E-state index in [2.05, 4.69) is 69.1 Å². The summed E-state index contributed by atoms with van der Waals surface area (Å²) in [4.78, 5) is 28.8. The molecule has 1 spiro atoms. The van der Waals surface area contributed by atoms with Gasteiger partial charge in [0, 0.05) is 46.7 Å². The minimum absolute atomic E-state index is 0.0378. The van der Waals surface area contributed by atoms with E-state index in [-0.39, 0.29) is 28.7 Å². The van der Waals surface area contributed by atoms with Gasteiger partial charge in [-0.1, -0.05) is 92.0 Å². The highest BCUT2D eigenvalue weighted by atomic mass is 35.5. The summed E-state index contributed by atoms with van der Waals surface area (Å²) in [6.45, 7) is 7.67. The zero-order chi connectivity index (χ0) is 37.7. The number of rotatable bonds is 9. The molecule has 0 unspecified atom stereocenters. The number of fused-ring (bicyclic) bond motifs is 2. The molecule has 1 aromatic heterocycles. The van der Waals surface area contributed by atoms with E-state index in [4.69, 9.17) is 39.5 Å². The normalized spacial score (nSPS) is 20.8. The van der Waals surface area contributed by atoms with E-state index in [9.17, 15) is 14.7 Å². The Labute approximate surface area is 322 Å². The molecular formula is C39H38Cl3N7O4. The monoisotopic (exact) mass is 773 g/mol. The number of carboxylic acid groups (broad SMARTS) is 1. The average molecular weight is 775 g/mol. The van der Waals surface area contributed by atoms with Crippen molar-refractivity contribution >= 4 is 58.1 Å². The maximum atomic E-state index is 14.7. The maximum absolute atomic E-state index is 14.7. The standard InChI is InChI=1S/C39H38Cl3N7O4/c1-38(2,3)18-31-39(20-49(29-15-13-24(40)17-26(29)39)19-21-8-10-22(11-9-21)35-45-47-48-46-35)32(25-6-5-7-27(41)33(25)42)34(44-31)36(50)43-28-14-12-23(37(51)52)16-30(28)53-4/h5-17,31-32,34,44H,18-20H2,1-4H3,(H,43,50)(H,51,52)(H,45,46,47,48)/t31-,32-,34+,39-/m0/s1. The number of H-pyrrole nitrogens is 1. The van der Waals surface area contributed by atoms with Gasteiger partial charge in [0.2, 0.25) is 5.91 Å². The zero-order valence-electron chi connectivity index (χ0n) is 29.5. The first kappa shape index (κ1) is 36.7. The SMILES string of the molecule is COc1cc(C(=O)O)ccc1NC(=O)[C@@H]1N[C@@H](CC(C)(C)C)[C@@]2(CN(Cc3ccc(-c4nnn[nH]4)cc3)c3ccc(Cl)cc32)[C@H]1c1cccc(Cl)c1Cl. The van der Waals surface area contributed by atoms with Gasteiger partial charge in [-0.3, -0.25) is 4.79 Å². The van der Waals surface area contributed by atoms with E-state index in [1.807, 2.05) is 42.5 Å². The number of hydrogen-bond donors (Lipinski definition) is 4. The molecule has 14 heteroatoms. The molecule has 1 saturated heterocycles. The molecule has 1 fully saturated rings. The number of halogens is 3. The second kappa shape index (κ2) is 14.3. The van der Waals surface area contributed by atoms with Crippen molar-refractivity contribution in [3.8, 4) is 17.1 Å². The quantitative estimate of drug-likeness (QED) is 0.117. The predicted octanol–water partition coefficient (Wildman–Crippen LogP) is 7.99. The van der Waals surface area contributed by atoms with E-state index in [0.717, 1.165) is 27.9 Å². The molecule has 0 bridgehead atoms. The van der Waals surface area contributed by atoms with Crippen LogP contribution in [0.1, 0.15) is 60.2 Å². The van der Waals surface area contributed by atoms with Crippen molar-refractivity contribution < 1.29 is 19.4 Å².